The van der Waals surface area contributed by atoms with E-state index in [0.717, 1.165) is 30.6 Å². The average Bonchev–Trinajstić information content (AvgIpc) is 3.80. The molecule has 2 fully saturated rings. The Kier molecular flexibility index (Phi) is 8.14. The second-order valence-electron chi connectivity index (χ2n) is 12.5. The first-order valence-corrected chi connectivity index (χ1v) is 16.0. The van der Waals surface area contributed by atoms with Crippen LogP contribution in [0, 0.1) is 11.8 Å². The monoisotopic (exact) mass is 679 g/mol. The molecule has 1 aromatic carbocycles. The summed E-state index contributed by atoms with van der Waals surface area (Å²) in [5.41, 5.74) is 8.41. The van der Waals surface area contributed by atoms with Crippen molar-refractivity contribution in [1.29, 1.82) is 0 Å². The molecule has 3 aromatic heterocycles. The quantitative estimate of drug-likeness (QED) is 0.268. The summed E-state index contributed by atoms with van der Waals surface area (Å²) in [4.78, 5) is 49.8. The number of primary amides is 1. The number of halogens is 3. The molecule has 3 aliphatic rings. The maximum atomic E-state index is 15.0. The number of methoxy groups -OCH3 is 1. The molecule has 1 unspecified atom stereocenters. The van der Waals surface area contributed by atoms with Crippen LogP contribution >= 0.6 is 11.6 Å². The molecule has 3 amide bonds. The van der Waals surface area contributed by atoms with Gasteiger partial charge in [0, 0.05) is 36.8 Å². The van der Waals surface area contributed by atoms with Crippen LogP contribution < -0.4 is 15.4 Å². The molecular weight excluding hydrogens is 648 g/mol. The second-order valence-corrected chi connectivity index (χ2v) is 12.9. The van der Waals surface area contributed by atoms with E-state index >= 15 is 8.78 Å². The highest BCUT2D eigenvalue weighted by Gasteiger charge is 2.50. The van der Waals surface area contributed by atoms with E-state index < -0.39 is 17.9 Å². The number of amides is 3. The molecule has 250 valence electrons. The van der Waals surface area contributed by atoms with Crippen LogP contribution in [-0.4, -0.2) is 68.9 Å². The van der Waals surface area contributed by atoms with Crippen molar-refractivity contribution in [2.75, 3.05) is 25.1 Å². The fraction of sp³-hybridized carbons (Fsp3) is 0.394. The molecule has 1 aliphatic carbocycles. The van der Waals surface area contributed by atoms with Gasteiger partial charge in [0.25, 0.3) is 5.91 Å². The van der Waals surface area contributed by atoms with E-state index in [9.17, 15) is 14.4 Å². The Hall–Kier alpha value is -4.85. The summed E-state index contributed by atoms with van der Waals surface area (Å²) in [6, 6.07) is 7.62. The number of aromatic nitrogens is 4. The number of rotatable bonds is 8. The number of pyridine rings is 2. The fourth-order valence-electron chi connectivity index (χ4n) is 6.57. The van der Waals surface area contributed by atoms with Crippen molar-refractivity contribution in [3.05, 3.63) is 64.7 Å². The Bertz CT molecular complexity index is 1930. The van der Waals surface area contributed by atoms with Crippen LogP contribution in [0.15, 0.2) is 42.7 Å². The lowest BCUT2D eigenvalue weighted by Gasteiger charge is -2.33. The summed E-state index contributed by atoms with van der Waals surface area (Å²) in [7, 11) is 1.36. The number of hydrogen-bond donors (Lipinski definition) is 1. The lowest BCUT2D eigenvalue weighted by atomic mass is 9.93. The van der Waals surface area contributed by atoms with Crippen LogP contribution in [0.3, 0.4) is 0 Å². The van der Waals surface area contributed by atoms with E-state index in [1.165, 1.54) is 25.4 Å². The molecule has 2 N–H and O–H groups in total. The summed E-state index contributed by atoms with van der Waals surface area (Å²) in [6.07, 6.45) is 2.60. The molecule has 5 heterocycles. The van der Waals surface area contributed by atoms with Crippen molar-refractivity contribution in [3.8, 4) is 16.9 Å². The highest BCUT2D eigenvalue weighted by molar-refractivity contribution is 6.30. The number of ether oxygens (including phenoxy) is 2. The number of carbonyl (C=O) groups is 3. The molecule has 0 bridgehead atoms. The minimum absolute atomic E-state index is 0.0759. The molecule has 1 saturated carbocycles. The van der Waals surface area contributed by atoms with Gasteiger partial charge in [0.05, 0.1) is 47.5 Å². The van der Waals surface area contributed by atoms with Crippen LogP contribution in [0.25, 0.3) is 22.2 Å². The highest BCUT2D eigenvalue weighted by atomic mass is 35.5. The van der Waals surface area contributed by atoms with Crippen molar-refractivity contribution < 1.29 is 32.6 Å². The Labute approximate surface area is 278 Å². The molecule has 1 atom stereocenters. The molecule has 0 radical (unpaired) electrons. The van der Waals surface area contributed by atoms with Gasteiger partial charge in [0.2, 0.25) is 0 Å². The van der Waals surface area contributed by atoms with E-state index in [2.05, 4.69) is 10.1 Å². The van der Waals surface area contributed by atoms with Gasteiger partial charge in [-0.2, -0.15) is 13.9 Å². The number of carbonyl (C=O) groups excluding carboxylic acids is 3. The maximum Gasteiger partial charge on any atom is 0.482 e. The summed E-state index contributed by atoms with van der Waals surface area (Å²) < 4.78 is 41.8. The third-order valence-corrected chi connectivity index (χ3v) is 9.27. The Morgan fingerprint density at radius 3 is 2.67 bits per heavy atom. The van der Waals surface area contributed by atoms with Gasteiger partial charge in [-0.1, -0.05) is 17.7 Å². The Morgan fingerprint density at radius 1 is 1.15 bits per heavy atom. The maximum absolute atomic E-state index is 15.0. The van der Waals surface area contributed by atoms with Crippen LogP contribution in [0.4, 0.5) is 19.3 Å². The summed E-state index contributed by atoms with van der Waals surface area (Å²) in [5, 5.41) is 5.50. The normalized spacial score (nSPS) is 18.8. The minimum atomic E-state index is -4.15. The number of nitrogens with two attached hydrogens (primary N) is 1. The molecule has 48 heavy (non-hydrogen) atoms. The smallest absolute Gasteiger partial charge is 0.453 e. The van der Waals surface area contributed by atoms with Crippen molar-refractivity contribution in [2.45, 2.75) is 51.3 Å². The molecule has 4 aromatic rings. The second kappa shape index (κ2) is 12.3. The largest absolute Gasteiger partial charge is 0.482 e. The van der Waals surface area contributed by atoms with E-state index in [0.29, 0.717) is 70.5 Å². The van der Waals surface area contributed by atoms with Gasteiger partial charge in [-0.25, -0.2) is 14.5 Å². The molecule has 1 saturated heterocycles. The predicted octanol–water partition coefficient (Wildman–Crippen LogP) is 5.19. The summed E-state index contributed by atoms with van der Waals surface area (Å²) >= 11 is 5.93. The first-order chi connectivity index (χ1) is 23.0. The van der Waals surface area contributed by atoms with Crippen LogP contribution in [-0.2, 0) is 29.0 Å². The van der Waals surface area contributed by atoms with Crippen LogP contribution in [0.2, 0.25) is 5.02 Å². The minimum Gasteiger partial charge on any atom is -0.453 e. The summed E-state index contributed by atoms with van der Waals surface area (Å²) in [5.74, 6) is -2.08. The highest BCUT2D eigenvalue weighted by Crippen LogP contribution is 2.45. The number of piperidine rings is 1. The standard InChI is InChI=1S/C33H32ClF2N7O5/c1-47-32(46)41-10-2-3-19(15-41)16-43-30-23(14-39-43)27(28(29(37)44)24(40-30)11-18-4-5-18)20-6-9-25-26(12-20)48-33(35,36)31(45)42(25)17-22-8-7-21(34)13-38-22/h6-9,12-14,18-19H,2-5,10-11,15-17H2,1H3,(H2,37,44). The average molecular weight is 680 g/mol. The van der Waals surface area contributed by atoms with E-state index in [1.807, 2.05) is 0 Å². The van der Waals surface area contributed by atoms with E-state index in [4.69, 9.17) is 31.8 Å². The molecule has 7 rings (SSSR count). The predicted molar refractivity (Wildman–Crippen MR) is 171 cm³/mol. The van der Waals surface area contributed by atoms with Crippen molar-refractivity contribution >= 4 is 46.2 Å². The first-order valence-electron chi connectivity index (χ1n) is 15.7. The Morgan fingerprint density at radius 2 is 1.96 bits per heavy atom. The summed E-state index contributed by atoms with van der Waals surface area (Å²) in [6.45, 7) is 1.31. The topological polar surface area (TPSA) is 146 Å². The van der Waals surface area contributed by atoms with E-state index in [-0.39, 0.29) is 35.6 Å². The van der Waals surface area contributed by atoms with Crippen molar-refractivity contribution in [3.63, 3.8) is 0 Å². The van der Waals surface area contributed by atoms with Gasteiger partial charge >= 0.3 is 18.1 Å². The number of anilines is 1. The van der Waals surface area contributed by atoms with Gasteiger partial charge in [0.1, 0.15) is 0 Å². The SMILES string of the molecule is COC(=O)N1CCCC(Cn2ncc3c(-c4ccc5c(c4)OC(F)(F)C(=O)N5Cc4ccc(Cl)cn4)c(C(N)=O)c(CC4CC4)nc32)C1. The van der Waals surface area contributed by atoms with Crippen molar-refractivity contribution in [1.82, 2.24) is 24.6 Å². The van der Waals surface area contributed by atoms with Gasteiger partial charge in [-0.15, -0.1) is 0 Å². The van der Waals surface area contributed by atoms with E-state index in [1.54, 1.807) is 34.0 Å². The number of alkyl halides is 2. The first kappa shape index (κ1) is 31.7. The molecule has 12 nitrogen and oxygen atoms in total. The Balaban J connectivity index is 1.32. The van der Waals surface area contributed by atoms with Gasteiger partial charge in [-0.05, 0) is 73.8 Å². The number of hydrogen-bond acceptors (Lipinski definition) is 8. The van der Waals surface area contributed by atoms with Gasteiger partial charge in [0.15, 0.2) is 11.4 Å². The zero-order chi connectivity index (χ0) is 33.7. The van der Waals surface area contributed by atoms with Gasteiger partial charge < -0.3 is 20.1 Å². The number of fused-ring (bicyclic) bond motifs is 2. The number of benzene rings is 1. The lowest BCUT2D eigenvalue weighted by Crippen LogP contribution is -2.50. The van der Waals surface area contributed by atoms with Gasteiger partial charge in [-0.3, -0.25) is 19.5 Å². The third-order valence-electron chi connectivity index (χ3n) is 9.05. The van der Waals surface area contributed by atoms with Crippen molar-refractivity contribution in [2.24, 2.45) is 17.6 Å². The number of nitrogens with zero attached hydrogens (tertiary/aromatic N) is 6. The molecule has 0 spiro atoms. The number of likely N-dealkylation sites (tertiary alicyclic amines) is 1. The molecular formula is C33H32ClF2N7O5. The molecule has 2 aliphatic heterocycles. The zero-order valence-electron chi connectivity index (χ0n) is 26.0. The third kappa shape index (κ3) is 6.00. The fourth-order valence-corrected chi connectivity index (χ4v) is 6.68. The lowest BCUT2D eigenvalue weighted by molar-refractivity contribution is -0.193. The van der Waals surface area contributed by atoms with Crippen LogP contribution in [0.5, 0.6) is 5.75 Å². The van der Waals surface area contributed by atoms with Crippen LogP contribution in [0.1, 0.15) is 47.4 Å². The molecule has 15 heteroatoms. The zero-order valence-corrected chi connectivity index (χ0v) is 26.8.